The van der Waals surface area contributed by atoms with Crippen molar-refractivity contribution in [1.82, 2.24) is 0 Å². The Morgan fingerprint density at radius 1 is 0.789 bits per heavy atom. The molecule has 0 heteroatoms. The minimum Gasteiger partial charge on any atom is -0.0985 e. The van der Waals surface area contributed by atoms with Gasteiger partial charge in [0.1, 0.15) is 0 Å². The van der Waals surface area contributed by atoms with Crippen LogP contribution in [0.1, 0.15) is 75.5 Å². The zero-order valence-corrected chi connectivity index (χ0v) is 12.9. The number of aryl methyl sites for hydroxylation is 2. The van der Waals surface area contributed by atoms with Crippen molar-refractivity contribution >= 4 is 6.08 Å². The SMILES string of the molecule is C=Cc1cc(CCCCC)cc(CCCCCC)c1. The molecule has 0 fully saturated rings. The highest BCUT2D eigenvalue weighted by Crippen LogP contribution is 2.17. The lowest BCUT2D eigenvalue weighted by atomic mass is 9.98. The minimum absolute atomic E-state index is 1.22. The first-order valence-electron chi connectivity index (χ1n) is 8.05. The molecule has 19 heavy (non-hydrogen) atoms. The van der Waals surface area contributed by atoms with E-state index in [2.05, 4.69) is 38.6 Å². The molecule has 1 aromatic rings. The molecule has 0 amide bonds. The monoisotopic (exact) mass is 258 g/mol. The molecule has 106 valence electrons. The standard InChI is InChI=1S/C19H30/c1-4-7-9-11-13-19-15-17(6-3)14-18(16-19)12-10-8-5-2/h6,14-16H,3-5,7-13H2,1-2H3. The predicted octanol–water partition coefficient (Wildman–Crippen LogP) is 6.19. The molecule has 0 heterocycles. The number of hydrogen-bond acceptors (Lipinski definition) is 0. The van der Waals surface area contributed by atoms with Crippen molar-refractivity contribution in [2.24, 2.45) is 0 Å². The van der Waals surface area contributed by atoms with E-state index in [0.717, 1.165) is 0 Å². The smallest absolute Gasteiger partial charge is 0.0257 e. The Bertz CT molecular complexity index is 362. The molecule has 0 aromatic heterocycles. The third kappa shape index (κ3) is 6.61. The molecule has 0 radical (unpaired) electrons. The van der Waals surface area contributed by atoms with Crippen LogP contribution in [0.5, 0.6) is 0 Å². The maximum absolute atomic E-state index is 3.92. The van der Waals surface area contributed by atoms with Crippen LogP contribution < -0.4 is 0 Å². The van der Waals surface area contributed by atoms with E-state index in [1.54, 1.807) is 0 Å². The summed E-state index contributed by atoms with van der Waals surface area (Å²) in [6.45, 7) is 8.45. The zero-order valence-electron chi connectivity index (χ0n) is 12.9. The van der Waals surface area contributed by atoms with Crippen molar-refractivity contribution in [3.8, 4) is 0 Å². The van der Waals surface area contributed by atoms with Gasteiger partial charge in [0.05, 0.1) is 0 Å². The Morgan fingerprint density at radius 3 is 1.84 bits per heavy atom. The molecule has 1 rings (SSSR count). The van der Waals surface area contributed by atoms with E-state index in [1.807, 2.05) is 6.08 Å². The number of unbranched alkanes of at least 4 members (excludes halogenated alkanes) is 5. The maximum Gasteiger partial charge on any atom is -0.0257 e. The van der Waals surface area contributed by atoms with Crippen molar-refractivity contribution in [1.29, 1.82) is 0 Å². The largest absolute Gasteiger partial charge is 0.0985 e. The van der Waals surface area contributed by atoms with E-state index < -0.39 is 0 Å². The number of rotatable bonds is 10. The summed E-state index contributed by atoms with van der Waals surface area (Å²) < 4.78 is 0. The molecule has 0 aliphatic heterocycles. The second-order valence-corrected chi connectivity index (χ2v) is 5.55. The topological polar surface area (TPSA) is 0 Å². The second-order valence-electron chi connectivity index (χ2n) is 5.55. The average molecular weight is 258 g/mol. The van der Waals surface area contributed by atoms with Crippen LogP contribution in [0.3, 0.4) is 0 Å². The van der Waals surface area contributed by atoms with Gasteiger partial charge in [-0.15, -0.1) is 0 Å². The first kappa shape index (κ1) is 16.0. The highest BCUT2D eigenvalue weighted by molar-refractivity contribution is 5.50. The van der Waals surface area contributed by atoms with Gasteiger partial charge in [-0.2, -0.15) is 0 Å². The molecule has 0 atom stereocenters. The molecule has 0 bridgehead atoms. The summed E-state index contributed by atoms with van der Waals surface area (Å²) in [5.41, 5.74) is 4.29. The highest BCUT2D eigenvalue weighted by Gasteiger charge is 2.00. The Labute approximate surface area is 119 Å². The first-order valence-corrected chi connectivity index (χ1v) is 8.05. The summed E-state index contributed by atoms with van der Waals surface area (Å²) in [6, 6.07) is 7.02. The summed E-state index contributed by atoms with van der Waals surface area (Å²) in [5, 5.41) is 0. The van der Waals surface area contributed by atoms with Gasteiger partial charge in [-0.05, 0) is 42.4 Å². The molecule has 0 N–H and O–H groups in total. The number of benzene rings is 1. The van der Waals surface area contributed by atoms with E-state index in [1.165, 1.54) is 74.5 Å². The van der Waals surface area contributed by atoms with Crippen molar-refractivity contribution < 1.29 is 0 Å². The summed E-state index contributed by atoms with van der Waals surface area (Å²) in [4.78, 5) is 0. The summed E-state index contributed by atoms with van der Waals surface area (Å²) in [5.74, 6) is 0. The van der Waals surface area contributed by atoms with Gasteiger partial charge in [0.2, 0.25) is 0 Å². The zero-order chi connectivity index (χ0) is 13.9. The third-order valence-electron chi connectivity index (χ3n) is 3.70. The second kappa shape index (κ2) is 9.83. The van der Waals surface area contributed by atoms with E-state index >= 15 is 0 Å². The lowest BCUT2D eigenvalue weighted by Crippen LogP contribution is -1.92. The van der Waals surface area contributed by atoms with Crippen molar-refractivity contribution in [2.45, 2.75) is 71.6 Å². The number of hydrogen-bond donors (Lipinski definition) is 0. The maximum atomic E-state index is 3.92. The average Bonchev–Trinajstić information content (AvgIpc) is 2.44. The van der Waals surface area contributed by atoms with Crippen LogP contribution in [0.4, 0.5) is 0 Å². The van der Waals surface area contributed by atoms with Gasteiger partial charge in [-0.1, -0.05) is 76.8 Å². The Kier molecular flexibility index (Phi) is 8.29. The Balaban J connectivity index is 2.58. The fraction of sp³-hybridized carbons (Fsp3) is 0.579. The van der Waals surface area contributed by atoms with E-state index in [9.17, 15) is 0 Å². The fourth-order valence-electron chi connectivity index (χ4n) is 2.53. The quantitative estimate of drug-likeness (QED) is 0.439. The molecular weight excluding hydrogens is 228 g/mol. The highest BCUT2D eigenvalue weighted by atomic mass is 14.1. The molecule has 0 spiro atoms. The Morgan fingerprint density at radius 2 is 1.32 bits per heavy atom. The Hall–Kier alpha value is -1.04. The van der Waals surface area contributed by atoms with Gasteiger partial charge in [0.15, 0.2) is 0 Å². The minimum atomic E-state index is 1.22. The van der Waals surface area contributed by atoms with Crippen LogP contribution in [0, 0.1) is 0 Å². The van der Waals surface area contributed by atoms with Crippen LogP contribution in [0.25, 0.3) is 6.08 Å². The molecule has 0 aliphatic carbocycles. The van der Waals surface area contributed by atoms with E-state index in [0.29, 0.717) is 0 Å². The fourth-order valence-corrected chi connectivity index (χ4v) is 2.53. The summed E-state index contributed by atoms with van der Waals surface area (Å²) in [6.07, 6.45) is 13.7. The van der Waals surface area contributed by atoms with Gasteiger partial charge in [-0.3, -0.25) is 0 Å². The van der Waals surface area contributed by atoms with Crippen LogP contribution >= 0.6 is 0 Å². The van der Waals surface area contributed by atoms with Crippen LogP contribution in [-0.4, -0.2) is 0 Å². The van der Waals surface area contributed by atoms with Gasteiger partial charge < -0.3 is 0 Å². The van der Waals surface area contributed by atoms with Crippen molar-refractivity contribution in [2.75, 3.05) is 0 Å². The third-order valence-corrected chi connectivity index (χ3v) is 3.70. The van der Waals surface area contributed by atoms with Crippen LogP contribution in [-0.2, 0) is 12.8 Å². The molecule has 0 aliphatic rings. The van der Waals surface area contributed by atoms with Crippen molar-refractivity contribution in [3.63, 3.8) is 0 Å². The van der Waals surface area contributed by atoms with E-state index in [4.69, 9.17) is 0 Å². The normalized spacial score (nSPS) is 10.6. The van der Waals surface area contributed by atoms with Gasteiger partial charge in [-0.25, -0.2) is 0 Å². The molecular formula is C19H30. The molecule has 0 nitrogen and oxygen atoms in total. The lowest BCUT2D eigenvalue weighted by Gasteiger charge is -2.08. The molecule has 0 saturated heterocycles. The van der Waals surface area contributed by atoms with Gasteiger partial charge >= 0.3 is 0 Å². The molecule has 1 aromatic carbocycles. The summed E-state index contributed by atoms with van der Waals surface area (Å²) in [7, 11) is 0. The molecule has 0 saturated carbocycles. The van der Waals surface area contributed by atoms with Gasteiger partial charge in [0.25, 0.3) is 0 Å². The molecule has 0 unspecified atom stereocenters. The van der Waals surface area contributed by atoms with Gasteiger partial charge in [0, 0.05) is 0 Å². The van der Waals surface area contributed by atoms with E-state index in [-0.39, 0.29) is 0 Å². The van der Waals surface area contributed by atoms with Crippen LogP contribution in [0.2, 0.25) is 0 Å². The predicted molar refractivity (Wildman–Crippen MR) is 87.6 cm³/mol. The first-order chi connectivity index (χ1) is 9.30. The lowest BCUT2D eigenvalue weighted by molar-refractivity contribution is 0.666. The summed E-state index contributed by atoms with van der Waals surface area (Å²) >= 11 is 0. The van der Waals surface area contributed by atoms with Crippen LogP contribution in [0.15, 0.2) is 24.8 Å². The van der Waals surface area contributed by atoms with Crippen molar-refractivity contribution in [3.05, 3.63) is 41.5 Å².